The Morgan fingerprint density at radius 3 is 2.59 bits per heavy atom. The van der Waals surface area contributed by atoms with Gasteiger partial charge in [0.15, 0.2) is 11.6 Å². The van der Waals surface area contributed by atoms with Crippen LogP contribution in [0.5, 0.6) is 5.75 Å². The number of ether oxygens (including phenoxy) is 1. The summed E-state index contributed by atoms with van der Waals surface area (Å²) >= 11 is 0. The molecule has 96 valence electrons. The summed E-state index contributed by atoms with van der Waals surface area (Å²) in [5.74, 6) is 2.02. The molecule has 1 aromatic heterocycles. The number of anilines is 2. The third kappa shape index (κ3) is 3.47. The van der Waals surface area contributed by atoms with Crippen molar-refractivity contribution in [3.8, 4) is 5.75 Å². The molecule has 1 heterocycles. The van der Waals surface area contributed by atoms with Gasteiger partial charge >= 0.3 is 0 Å². The maximum atomic E-state index is 5.71. The van der Waals surface area contributed by atoms with Gasteiger partial charge in [-0.2, -0.15) is 0 Å². The Bertz CT molecular complexity index is 373. The van der Waals surface area contributed by atoms with Gasteiger partial charge in [0.1, 0.15) is 6.33 Å². The van der Waals surface area contributed by atoms with Crippen molar-refractivity contribution in [2.24, 2.45) is 11.3 Å². The minimum Gasteiger partial charge on any atom is -0.490 e. The van der Waals surface area contributed by atoms with Crippen LogP contribution >= 0.6 is 0 Å². The fourth-order valence-corrected chi connectivity index (χ4v) is 1.27. The van der Waals surface area contributed by atoms with Gasteiger partial charge in [-0.15, -0.1) is 0 Å². The molecule has 1 atom stereocenters. The van der Waals surface area contributed by atoms with E-state index >= 15 is 0 Å². The number of hydrogen-bond acceptors (Lipinski definition) is 5. The largest absolute Gasteiger partial charge is 0.490 e. The van der Waals surface area contributed by atoms with Crippen molar-refractivity contribution in [1.82, 2.24) is 9.97 Å². The number of rotatable bonds is 4. The van der Waals surface area contributed by atoms with E-state index in [0.717, 1.165) is 6.54 Å². The quantitative estimate of drug-likeness (QED) is 0.841. The van der Waals surface area contributed by atoms with Gasteiger partial charge in [0.2, 0.25) is 5.75 Å². The van der Waals surface area contributed by atoms with E-state index in [1.807, 2.05) is 0 Å². The lowest BCUT2D eigenvalue weighted by Gasteiger charge is -2.27. The van der Waals surface area contributed by atoms with E-state index in [4.69, 9.17) is 10.5 Å². The molecule has 0 radical (unpaired) electrons. The Morgan fingerprint density at radius 1 is 1.41 bits per heavy atom. The first-order valence-corrected chi connectivity index (χ1v) is 5.74. The molecule has 17 heavy (non-hydrogen) atoms. The molecule has 3 N–H and O–H groups in total. The van der Waals surface area contributed by atoms with Gasteiger partial charge < -0.3 is 15.8 Å². The minimum atomic E-state index is 0.249. The summed E-state index contributed by atoms with van der Waals surface area (Å²) in [7, 11) is 1.56. The van der Waals surface area contributed by atoms with Gasteiger partial charge in [-0.05, 0) is 11.3 Å². The van der Waals surface area contributed by atoms with Crippen LogP contribution in [0.1, 0.15) is 27.7 Å². The molecule has 1 aromatic rings. The van der Waals surface area contributed by atoms with Crippen LogP contribution in [0.15, 0.2) is 6.33 Å². The Morgan fingerprint density at radius 2 is 2.06 bits per heavy atom. The van der Waals surface area contributed by atoms with E-state index < -0.39 is 0 Å². The molecular weight excluding hydrogens is 216 g/mol. The number of nitrogens with two attached hydrogens (primary N) is 1. The number of nitrogens with zero attached hydrogens (tertiary/aromatic N) is 2. The summed E-state index contributed by atoms with van der Waals surface area (Å²) in [5, 5.41) is 3.26. The lowest BCUT2D eigenvalue weighted by atomic mass is 9.82. The van der Waals surface area contributed by atoms with Crippen LogP contribution in [0.4, 0.5) is 11.6 Å². The molecule has 0 aromatic carbocycles. The molecule has 0 aliphatic rings. The lowest BCUT2D eigenvalue weighted by molar-refractivity contribution is 0.274. The van der Waals surface area contributed by atoms with Crippen molar-refractivity contribution in [1.29, 1.82) is 0 Å². The van der Waals surface area contributed by atoms with E-state index in [-0.39, 0.29) is 5.41 Å². The zero-order valence-corrected chi connectivity index (χ0v) is 11.2. The fourth-order valence-electron chi connectivity index (χ4n) is 1.27. The van der Waals surface area contributed by atoms with E-state index in [2.05, 4.69) is 43.0 Å². The number of hydrogen-bond donors (Lipinski definition) is 2. The average Bonchev–Trinajstić information content (AvgIpc) is 2.24. The Balaban J connectivity index is 2.73. The van der Waals surface area contributed by atoms with E-state index in [9.17, 15) is 0 Å². The molecule has 0 saturated heterocycles. The van der Waals surface area contributed by atoms with Gasteiger partial charge in [-0.25, -0.2) is 9.97 Å². The second-order valence-electron chi connectivity index (χ2n) is 5.29. The zero-order chi connectivity index (χ0) is 13.1. The predicted octanol–water partition coefficient (Wildman–Crippen LogP) is 2.16. The molecule has 5 nitrogen and oxygen atoms in total. The molecule has 0 saturated carbocycles. The summed E-state index contributed by atoms with van der Waals surface area (Å²) in [4.78, 5) is 8.03. The molecule has 0 fully saturated rings. The summed E-state index contributed by atoms with van der Waals surface area (Å²) in [6.45, 7) is 9.65. The van der Waals surface area contributed by atoms with Gasteiger partial charge in [-0.3, -0.25) is 0 Å². The lowest BCUT2D eigenvalue weighted by Crippen LogP contribution is -2.25. The van der Waals surface area contributed by atoms with Crippen LogP contribution in [-0.2, 0) is 0 Å². The van der Waals surface area contributed by atoms with Gasteiger partial charge in [0.25, 0.3) is 0 Å². The van der Waals surface area contributed by atoms with Gasteiger partial charge in [0, 0.05) is 6.54 Å². The molecule has 0 spiro atoms. The highest BCUT2D eigenvalue weighted by molar-refractivity contribution is 5.61. The molecule has 0 aliphatic carbocycles. The van der Waals surface area contributed by atoms with Gasteiger partial charge in [-0.1, -0.05) is 27.7 Å². The van der Waals surface area contributed by atoms with Crippen LogP contribution in [0.3, 0.4) is 0 Å². The van der Waals surface area contributed by atoms with E-state index in [1.54, 1.807) is 7.11 Å². The molecular formula is C12H22N4O. The molecule has 0 bridgehead atoms. The highest BCUT2D eigenvalue weighted by Crippen LogP contribution is 2.29. The van der Waals surface area contributed by atoms with Crippen LogP contribution in [0.2, 0.25) is 0 Å². The molecule has 0 amide bonds. The average molecular weight is 238 g/mol. The van der Waals surface area contributed by atoms with Gasteiger partial charge in [0.05, 0.1) is 7.11 Å². The SMILES string of the molecule is COc1c(N)ncnc1NCC(C)C(C)(C)C. The van der Waals surface area contributed by atoms with Crippen LogP contribution in [-0.4, -0.2) is 23.6 Å². The van der Waals surface area contributed by atoms with Crippen molar-refractivity contribution in [3.63, 3.8) is 0 Å². The van der Waals surface area contributed by atoms with Crippen molar-refractivity contribution in [3.05, 3.63) is 6.33 Å². The second kappa shape index (κ2) is 5.21. The smallest absolute Gasteiger partial charge is 0.203 e. The van der Waals surface area contributed by atoms with Crippen molar-refractivity contribution >= 4 is 11.6 Å². The maximum absolute atomic E-state index is 5.71. The Hall–Kier alpha value is -1.52. The number of nitrogen functional groups attached to an aromatic ring is 1. The summed E-state index contributed by atoms with van der Waals surface area (Å²) in [6.07, 6.45) is 1.43. The zero-order valence-electron chi connectivity index (χ0n) is 11.2. The van der Waals surface area contributed by atoms with Crippen molar-refractivity contribution in [2.45, 2.75) is 27.7 Å². The topological polar surface area (TPSA) is 73.1 Å². The van der Waals surface area contributed by atoms with Crippen LogP contribution in [0.25, 0.3) is 0 Å². The molecule has 1 rings (SSSR count). The van der Waals surface area contributed by atoms with E-state index in [0.29, 0.717) is 23.3 Å². The highest BCUT2D eigenvalue weighted by atomic mass is 16.5. The summed E-state index contributed by atoms with van der Waals surface area (Å²) in [5.41, 5.74) is 5.96. The molecule has 1 unspecified atom stereocenters. The first-order chi connectivity index (χ1) is 7.86. The third-order valence-corrected chi connectivity index (χ3v) is 3.09. The molecule has 0 aliphatic heterocycles. The standard InChI is InChI=1S/C12H22N4O/c1-8(12(2,3)4)6-14-11-9(17-5)10(13)15-7-16-11/h7-8H,6H2,1-5H3,(H3,13,14,15,16). The Kier molecular flexibility index (Phi) is 4.15. The highest BCUT2D eigenvalue weighted by Gasteiger charge is 2.20. The molecule has 5 heteroatoms. The third-order valence-electron chi connectivity index (χ3n) is 3.09. The fraction of sp³-hybridized carbons (Fsp3) is 0.667. The Labute approximate surface area is 103 Å². The number of methoxy groups -OCH3 is 1. The minimum absolute atomic E-state index is 0.249. The monoisotopic (exact) mass is 238 g/mol. The van der Waals surface area contributed by atoms with Crippen LogP contribution < -0.4 is 15.8 Å². The number of aromatic nitrogens is 2. The summed E-state index contributed by atoms with van der Waals surface area (Å²) < 4.78 is 5.18. The number of nitrogens with one attached hydrogen (secondary N) is 1. The first-order valence-electron chi connectivity index (χ1n) is 5.74. The normalized spacial score (nSPS) is 13.2. The second-order valence-corrected chi connectivity index (χ2v) is 5.29. The van der Waals surface area contributed by atoms with E-state index in [1.165, 1.54) is 6.33 Å². The van der Waals surface area contributed by atoms with Crippen molar-refractivity contribution < 1.29 is 4.74 Å². The van der Waals surface area contributed by atoms with Crippen LogP contribution in [0, 0.1) is 11.3 Å². The predicted molar refractivity (Wildman–Crippen MR) is 70.1 cm³/mol. The maximum Gasteiger partial charge on any atom is 0.203 e. The summed E-state index contributed by atoms with van der Waals surface area (Å²) in [6, 6.07) is 0. The first kappa shape index (κ1) is 13.5. The van der Waals surface area contributed by atoms with Crippen molar-refractivity contribution in [2.75, 3.05) is 24.7 Å².